The van der Waals surface area contributed by atoms with Crippen LogP contribution >= 0.6 is 11.8 Å². The number of Topliss-reactive ketones (excluding diaryl/α,β-unsaturated/α-hetero) is 1. The Morgan fingerprint density at radius 1 is 1.25 bits per heavy atom. The molecule has 0 radical (unpaired) electrons. The molecule has 0 bridgehead atoms. The highest BCUT2D eigenvalue weighted by atomic mass is 32.2. The topological polar surface area (TPSA) is 72.8 Å². The predicted molar refractivity (Wildman–Crippen MR) is 111 cm³/mol. The SMILES string of the molecule is CCc1cccc2c(C(=O)CSc3nncn3-c3cccc(OC)c3)c[nH]c12. The summed E-state index contributed by atoms with van der Waals surface area (Å²) in [5.74, 6) is 1.10. The highest BCUT2D eigenvalue weighted by Gasteiger charge is 2.16. The lowest BCUT2D eigenvalue weighted by Gasteiger charge is -2.07. The second-order valence-electron chi connectivity index (χ2n) is 6.29. The van der Waals surface area contributed by atoms with Crippen LogP contribution in [0, 0.1) is 0 Å². The molecule has 2 aromatic carbocycles. The third kappa shape index (κ3) is 3.41. The lowest BCUT2D eigenvalue weighted by atomic mass is 10.1. The maximum atomic E-state index is 12.8. The van der Waals surface area contributed by atoms with Crippen LogP contribution in [0.1, 0.15) is 22.8 Å². The number of thioether (sulfide) groups is 1. The predicted octanol–water partition coefficient (Wildman–Crippen LogP) is 4.29. The number of hydrogen-bond acceptors (Lipinski definition) is 5. The fourth-order valence-electron chi connectivity index (χ4n) is 3.21. The molecule has 0 saturated heterocycles. The summed E-state index contributed by atoms with van der Waals surface area (Å²) in [5.41, 5.74) is 3.85. The van der Waals surface area contributed by atoms with Crippen molar-refractivity contribution in [3.8, 4) is 11.4 Å². The van der Waals surface area contributed by atoms with Crippen LogP contribution in [0.15, 0.2) is 60.1 Å². The second kappa shape index (κ2) is 7.90. The Bertz CT molecular complexity index is 1130. The minimum atomic E-state index is 0.0599. The average Bonchev–Trinajstić information content (AvgIpc) is 3.38. The molecule has 142 valence electrons. The van der Waals surface area contributed by atoms with Gasteiger partial charge in [-0.2, -0.15) is 0 Å². The van der Waals surface area contributed by atoms with Gasteiger partial charge >= 0.3 is 0 Å². The number of aryl methyl sites for hydroxylation is 1. The molecular formula is C21H20N4O2S. The number of nitrogens with zero attached hydrogens (tertiary/aromatic N) is 3. The number of carbonyl (C=O) groups excluding carboxylic acids is 1. The molecule has 2 heterocycles. The van der Waals surface area contributed by atoms with E-state index in [-0.39, 0.29) is 11.5 Å². The molecule has 4 rings (SSSR count). The molecule has 1 N–H and O–H groups in total. The molecule has 4 aromatic rings. The molecule has 7 heteroatoms. The molecule has 0 unspecified atom stereocenters. The molecule has 0 atom stereocenters. The van der Waals surface area contributed by atoms with Gasteiger partial charge in [-0.05, 0) is 24.1 Å². The maximum absolute atomic E-state index is 12.8. The normalized spacial score (nSPS) is 11.1. The number of benzene rings is 2. The van der Waals surface area contributed by atoms with Gasteiger partial charge in [0, 0.05) is 28.7 Å². The molecule has 2 aromatic heterocycles. The van der Waals surface area contributed by atoms with E-state index < -0.39 is 0 Å². The van der Waals surface area contributed by atoms with Gasteiger partial charge < -0.3 is 9.72 Å². The summed E-state index contributed by atoms with van der Waals surface area (Å²) >= 11 is 1.37. The van der Waals surface area contributed by atoms with E-state index in [1.165, 1.54) is 17.3 Å². The number of ether oxygens (including phenoxy) is 1. The zero-order chi connectivity index (χ0) is 19.5. The fraction of sp³-hybridized carbons (Fsp3) is 0.190. The maximum Gasteiger partial charge on any atom is 0.196 e. The number of aromatic amines is 1. The molecule has 0 fully saturated rings. The van der Waals surface area contributed by atoms with Crippen molar-refractivity contribution in [2.24, 2.45) is 0 Å². The molecule has 0 spiro atoms. The number of methoxy groups -OCH3 is 1. The molecule has 0 aliphatic rings. The van der Waals surface area contributed by atoms with Crippen molar-refractivity contribution in [2.75, 3.05) is 12.9 Å². The number of ketones is 1. The third-order valence-electron chi connectivity index (χ3n) is 4.66. The summed E-state index contributed by atoms with van der Waals surface area (Å²) in [6, 6.07) is 13.7. The summed E-state index contributed by atoms with van der Waals surface area (Å²) in [7, 11) is 1.63. The van der Waals surface area contributed by atoms with E-state index in [0.717, 1.165) is 28.8 Å². The van der Waals surface area contributed by atoms with Crippen LogP contribution < -0.4 is 4.74 Å². The van der Waals surface area contributed by atoms with E-state index in [2.05, 4.69) is 28.2 Å². The second-order valence-corrected chi connectivity index (χ2v) is 7.23. The minimum Gasteiger partial charge on any atom is -0.497 e. The van der Waals surface area contributed by atoms with Gasteiger partial charge in [-0.3, -0.25) is 9.36 Å². The molecular weight excluding hydrogens is 372 g/mol. The lowest BCUT2D eigenvalue weighted by Crippen LogP contribution is -2.03. The van der Waals surface area contributed by atoms with E-state index >= 15 is 0 Å². The van der Waals surface area contributed by atoms with E-state index in [1.54, 1.807) is 19.6 Å². The van der Waals surface area contributed by atoms with Crippen molar-refractivity contribution >= 4 is 28.4 Å². The molecule has 0 aliphatic heterocycles. The first kappa shape index (κ1) is 18.3. The number of para-hydroxylation sites is 1. The number of aromatic nitrogens is 4. The van der Waals surface area contributed by atoms with Gasteiger partial charge in [0.05, 0.1) is 18.6 Å². The van der Waals surface area contributed by atoms with E-state index in [1.807, 2.05) is 41.0 Å². The molecule has 0 saturated carbocycles. The summed E-state index contributed by atoms with van der Waals surface area (Å²) in [4.78, 5) is 16.1. The fourth-order valence-corrected chi connectivity index (χ4v) is 4.02. The molecule has 0 amide bonds. The van der Waals surface area contributed by atoms with E-state index in [0.29, 0.717) is 10.7 Å². The highest BCUT2D eigenvalue weighted by molar-refractivity contribution is 7.99. The van der Waals surface area contributed by atoms with Crippen LogP contribution in [0.5, 0.6) is 5.75 Å². The van der Waals surface area contributed by atoms with Gasteiger partial charge in [-0.15, -0.1) is 10.2 Å². The Morgan fingerprint density at radius 3 is 2.93 bits per heavy atom. The molecule has 6 nitrogen and oxygen atoms in total. The summed E-state index contributed by atoms with van der Waals surface area (Å²) in [5, 5.41) is 9.80. The summed E-state index contributed by atoms with van der Waals surface area (Å²) in [6.45, 7) is 2.11. The van der Waals surface area contributed by atoms with Gasteiger partial charge in [0.15, 0.2) is 10.9 Å². The van der Waals surface area contributed by atoms with Gasteiger partial charge in [0.25, 0.3) is 0 Å². The standard InChI is InChI=1S/C21H20N4O2S/c1-3-14-6-4-9-17-18(11-22-20(14)17)19(26)12-28-21-24-23-13-25(21)15-7-5-8-16(10-15)27-2/h4-11,13,22H,3,12H2,1-2H3. The van der Waals surface area contributed by atoms with Crippen LogP contribution in [0.25, 0.3) is 16.6 Å². The van der Waals surface area contributed by atoms with Gasteiger partial charge in [-0.1, -0.05) is 43.0 Å². The van der Waals surface area contributed by atoms with Crippen LogP contribution in [-0.2, 0) is 6.42 Å². The number of hydrogen-bond donors (Lipinski definition) is 1. The Kier molecular flexibility index (Phi) is 5.16. The van der Waals surface area contributed by atoms with Crippen LogP contribution in [0.3, 0.4) is 0 Å². The Labute approximate surface area is 166 Å². The zero-order valence-electron chi connectivity index (χ0n) is 15.7. The largest absolute Gasteiger partial charge is 0.497 e. The highest BCUT2D eigenvalue weighted by Crippen LogP contribution is 2.26. The van der Waals surface area contributed by atoms with Crippen LogP contribution in [0.2, 0.25) is 0 Å². The first-order chi connectivity index (χ1) is 13.7. The smallest absolute Gasteiger partial charge is 0.196 e. The first-order valence-corrected chi connectivity index (χ1v) is 9.99. The Hall–Kier alpha value is -3.06. The number of carbonyl (C=O) groups is 1. The quantitative estimate of drug-likeness (QED) is 0.375. The first-order valence-electron chi connectivity index (χ1n) is 9.00. The number of fused-ring (bicyclic) bond motifs is 1. The number of nitrogens with one attached hydrogen (secondary N) is 1. The Morgan fingerprint density at radius 2 is 2.11 bits per heavy atom. The van der Waals surface area contributed by atoms with E-state index in [4.69, 9.17) is 4.74 Å². The summed E-state index contributed by atoms with van der Waals surface area (Å²) in [6.07, 6.45) is 4.37. The molecule has 28 heavy (non-hydrogen) atoms. The monoisotopic (exact) mass is 392 g/mol. The van der Waals surface area contributed by atoms with Crippen LogP contribution in [-0.4, -0.2) is 38.4 Å². The number of H-pyrrole nitrogens is 1. The minimum absolute atomic E-state index is 0.0599. The third-order valence-corrected chi connectivity index (χ3v) is 5.61. The van der Waals surface area contributed by atoms with Gasteiger partial charge in [-0.25, -0.2) is 0 Å². The lowest BCUT2D eigenvalue weighted by molar-refractivity contribution is 0.102. The number of rotatable bonds is 7. The van der Waals surface area contributed by atoms with Crippen molar-refractivity contribution in [1.29, 1.82) is 0 Å². The van der Waals surface area contributed by atoms with Crippen molar-refractivity contribution < 1.29 is 9.53 Å². The van der Waals surface area contributed by atoms with Crippen molar-refractivity contribution in [1.82, 2.24) is 19.7 Å². The van der Waals surface area contributed by atoms with Crippen molar-refractivity contribution in [2.45, 2.75) is 18.5 Å². The van der Waals surface area contributed by atoms with Crippen molar-refractivity contribution in [3.05, 3.63) is 66.1 Å². The Balaban J connectivity index is 1.55. The zero-order valence-corrected chi connectivity index (χ0v) is 16.5. The van der Waals surface area contributed by atoms with Crippen molar-refractivity contribution in [3.63, 3.8) is 0 Å². The average molecular weight is 392 g/mol. The van der Waals surface area contributed by atoms with E-state index in [9.17, 15) is 4.79 Å². The summed E-state index contributed by atoms with van der Waals surface area (Å²) < 4.78 is 7.13. The van der Waals surface area contributed by atoms with Gasteiger partial charge in [0.1, 0.15) is 12.1 Å². The molecule has 0 aliphatic carbocycles. The van der Waals surface area contributed by atoms with Crippen LogP contribution in [0.4, 0.5) is 0 Å². The van der Waals surface area contributed by atoms with Gasteiger partial charge in [0.2, 0.25) is 0 Å².